The zero-order chi connectivity index (χ0) is 23.9. The van der Waals surface area contributed by atoms with Crippen molar-refractivity contribution >= 4 is 22.6 Å². The monoisotopic (exact) mass is 455 g/mol. The highest BCUT2D eigenvalue weighted by atomic mass is 19.1. The van der Waals surface area contributed by atoms with Crippen molar-refractivity contribution in [2.45, 2.75) is 44.6 Å². The van der Waals surface area contributed by atoms with Gasteiger partial charge in [0.05, 0.1) is 11.1 Å². The fourth-order valence-corrected chi connectivity index (χ4v) is 5.03. The number of halogens is 1. The number of benzene rings is 2. The molecule has 1 amide bonds. The van der Waals surface area contributed by atoms with Crippen molar-refractivity contribution in [3.05, 3.63) is 77.0 Å². The molecule has 3 aromatic rings. The highest BCUT2D eigenvalue weighted by molar-refractivity contribution is 6.08. The van der Waals surface area contributed by atoms with Crippen LogP contribution in [0.2, 0.25) is 0 Å². The van der Waals surface area contributed by atoms with E-state index in [1.807, 2.05) is 31.2 Å². The molecule has 5 rings (SSSR count). The average molecular weight is 456 g/mol. The quantitative estimate of drug-likeness (QED) is 0.458. The summed E-state index contributed by atoms with van der Waals surface area (Å²) in [6.07, 6.45) is 5.15. The van der Waals surface area contributed by atoms with Crippen LogP contribution in [-0.4, -0.2) is 34.7 Å². The van der Waals surface area contributed by atoms with E-state index in [0.29, 0.717) is 54.4 Å². The van der Waals surface area contributed by atoms with Crippen molar-refractivity contribution in [1.29, 1.82) is 0 Å². The van der Waals surface area contributed by atoms with E-state index < -0.39 is 5.54 Å². The number of fused-ring (bicyclic) bond motifs is 1. The van der Waals surface area contributed by atoms with Gasteiger partial charge < -0.3 is 9.74 Å². The number of Topliss-reactive ketones (excluding diaryl/α,β-unsaturated/α-hetero) is 1. The van der Waals surface area contributed by atoms with Gasteiger partial charge in [0.1, 0.15) is 11.6 Å². The number of aromatic nitrogens is 1. The first-order valence-electron chi connectivity index (χ1n) is 11.9. The Hall–Kier alpha value is -3.59. The lowest BCUT2D eigenvalue weighted by Crippen LogP contribution is -2.40. The van der Waals surface area contributed by atoms with Crippen LogP contribution in [-0.2, 0) is 10.3 Å². The van der Waals surface area contributed by atoms with Crippen LogP contribution < -0.4 is 0 Å². The molecule has 34 heavy (non-hydrogen) atoms. The molecular formula is C28H26FN3O2. The predicted octanol–water partition coefficient (Wildman–Crippen LogP) is 5.78. The third kappa shape index (κ3) is 3.86. The van der Waals surface area contributed by atoms with Crippen LogP contribution in [0.3, 0.4) is 0 Å². The Labute approximate surface area is 198 Å². The predicted molar refractivity (Wildman–Crippen MR) is 129 cm³/mol. The average Bonchev–Trinajstić information content (AvgIpc) is 3.69. The molecule has 1 aliphatic carbocycles. The van der Waals surface area contributed by atoms with Crippen molar-refractivity contribution in [1.82, 2.24) is 9.88 Å². The molecule has 2 aliphatic rings. The maximum absolute atomic E-state index is 14.3. The minimum Gasteiger partial charge on any atom is -0.339 e. The molecule has 0 atom stereocenters. The standard InChI is InChI=1S/C28H26FN3O2/c1-3-25(33)18-10-14-32(15-11-18)27(34)23-17-31-24-9-8-21(29)16-22(24)26(23)19-4-6-20(7-5-19)28(30-2)12-13-28/h4-9,16-18H,3,10-15H2,1H3. The molecule has 0 spiro atoms. The summed E-state index contributed by atoms with van der Waals surface area (Å²) in [5, 5.41) is 0.584. The van der Waals surface area contributed by atoms with E-state index in [-0.39, 0.29) is 23.4 Å². The molecule has 1 saturated heterocycles. The third-order valence-corrected chi connectivity index (χ3v) is 7.29. The molecule has 5 nitrogen and oxygen atoms in total. The van der Waals surface area contributed by atoms with E-state index in [2.05, 4.69) is 9.83 Å². The molecule has 2 fully saturated rings. The van der Waals surface area contributed by atoms with Gasteiger partial charge in [-0.1, -0.05) is 31.2 Å². The zero-order valence-electron chi connectivity index (χ0n) is 19.2. The van der Waals surface area contributed by atoms with Crippen LogP contribution in [0.15, 0.2) is 48.7 Å². The molecular weight excluding hydrogens is 429 g/mol. The largest absolute Gasteiger partial charge is 0.339 e. The fourth-order valence-electron chi connectivity index (χ4n) is 5.03. The number of likely N-dealkylation sites (tertiary alicyclic amines) is 1. The smallest absolute Gasteiger partial charge is 0.258 e. The lowest BCUT2D eigenvalue weighted by molar-refractivity contribution is -0.123. The van der Waals surface area contributed by atoms with E-state index in [9.17, 15) is 14.0 Å². The van der Waals surface area contributed by atoms with Gasteiger partial charge in [0.25, 0.3) is 11.4 Å². The van der Waals surface area contributed by atoms with Gasteiger partial charge in [0.15, 0.2) is 0 Å². The van der Waals surface area contributed by atoms with Crippen molar-refractivity contribution in [2.75, 3.05) is 13.1 Å². The van der Waals surface area contributed by atoms with Crippen molar-refractivity contribution in [3.8, 4) is 11.1 Å². The number of hydrogen-bond acceptors (Lipinski definition) is 3. The molecule has 172 valence electrons. The minimum atomic E-state index is -0.413. The number of carbonyl (C=O) groups is 2. The highest BCUT2D eigenvalue weighted by Crippen LogP contribution is 2.50. The van der Waals surface area contributed by atoms with Crippen LogP contribution >= 0.6 is 0 Å². The number of hydrogen-bond donors (Lipinski definition) is 0. The third-order valence-electron chi connectivity index (χ3n) is 7.29. The second-order valence-corrected chi connectivity index (χ2v) is 9.32. The van der Waals surface area contributed by atoms with Gasteiger partial charge in [0.2, 0.25) is 0 Å². The molecule has 6 heteroatoms. The molecule has 0 unspecified atom stereocenters. The summed E-state index contributed by atoms with van der Waals surface area (Å²) in [4.78, 5) is 35.7. The van der Waals surface area contributed by atoms with E-state index in [1.165, 1.54) is 12.1 Å². The highest BCUT2D eigenvalue weighted by Gasteiger charge is 2.52. The number of nitrogens with zero attached hydrogens (tertiary/aromatic N) is 3. The summed E-state index contributed by atoms with van der Waals surface area (Å²) < 4.78 is 14.3. The second-order valence-electron chi connectivity index (χ2n) is 9.32. The number of rotatable bonds is 5. The van der Waals surface area contributed by atoms with E-state index in [1.54, 1.807) is 17.2 Å². The number of pyridine rings is 1. The molecule has 0 N–H and O–H groups in total. The van der Waals surface area contributed by atoms with Crippen LogP contribution in [0.4, 0.5) is 4.39 Å². The summed E-state index contributed by atoms with van der Waals surface area (Å²) in [6.45, 7) is 10.4. The van der Waals surface area contributed by atoms with Crippen LogP contribution in [0.5, 0.6) is 0 Å². The second kappa shape index (κ2) is 8.64. The van der Waals surface area contributed by atoms with Gasteiger partial charge in [-0.3, -0.25) is 14.6 Å². The lowest BCUT2D eigenvalue weighted by Gasteiger charge is -2.31. The van der Waals surface area contributed by atoms with Gasteiger partial charge >= 0.3 is 0 Å². The molecule has 2 aromatic carbocycles. The molecule has 0 radical (unpaired) electrons. The van der Waals surface area contributed by atoms with E-state index in [4.69, 9.17) is 6.57 Å². The van der Waals surface area contributed by atoms with E-state index >= 15 is 0 Å². The number of carbonyl (C=O) groups excluding carboxylic acids is 2. The summed E-state index contributed by atoms with van der Waals surface area (Å²) in [7, 11) is 0. The Balaban J connectivity index is 1.54. The summed E-state index contributed by atoms with van der Waals surface area (Å²) in [6, 6.07) is 12.1. The Morgan fingerprint density at radius 2 is 1.85 bits per heavy atom. The molecule has 1 saturated carbocycles. The van der Waals surface area contributed by atoms with Gasteiger partial charge in [-0.05, 0) is 36.6 Å². The Morgan fingerprint density at radius 1 is 1.15 bits per heavy atom. The van der Waals surface area contributed by atoms with Crippen molar-refractivity contribution < 1.29 is 14.0 Å². The van der Waals surface area contributed by atoms with Gasteiger partial charge in [-0.15, -0.1) is 0 Å². The Morgan fingerprint density at radius 3 is 2.47 bits per heavy atom. The topological polar surface area (TPSA) is 54.6 Å². The van der Waals surface area contributed by atoms with Crippen LogP contribution in [0, 0.1) is 18.3 Å². The SMILES string of the molecule is [C-]#[N+]C1(c2ccc(-c3c(C(=O)N4CCC(C(=O)CC)CC4)cnc4ccc(F)cc34)cc2)CC1. The Bertz CT molecular complexity index is 1310. The molecule has 2 heterocycles. The van der Waals surface area contributed by atoms with Crippen LogP contribution in [0.1, 0.15) is 54.9 Å². The first-order valence-corrected chi connectivity index (χ1v) is 11.9. The summed E-state index contributed by atoms with van der Waals surface area (Å²) >= 11 is 0. The zero-order valence-corrected chi connectivity index (χ0v) is 19.2. The minimum absolute atomic E-state index is 0.0158. The first-order chi connectivity index (χ1) is 16.5. The number of ketones is 1. The summed E-state index contributed by atoms with van der Waals surface area (Å²) in [5.41, 5.74) is 3.05. The Kier molecular flexibility index (Phi) is 5.65. The lowest BCUT2D eigenvalue weighted by atomic mass is 9.90. The fraction of sp³-hybridized carbons (Fsp3) is 0.357. The van der Waals surface area contributed by atoms with Crippen molar-refractivity contribution in [3.63, 3.8) is 0 Å². The maximum atomic E-state index is 14.3. The normalized spacial score (nSPS) is 17.4. The van der Waals surface area contributed by atoms with Gasteiger partial charge in [-0.25, -0.2) is 11.0 Å². The number of amides is 1. The molecule has 1 aliphatic heterocycles. The molecule has 0 bridgehead atoms. The number of piperidine rings is 1. The first kappa shape index (κ1) is 22.2. The van der Waals surface area contributed by atoms with Gasteiger partial charge in [0, 0.05) is 61.0 Å². The maximum Gasteiger partial charge on any atom is 0.258 e. The van der Waals surface area contributed by atoms with Gasteiger partial charge in [-0.2, -0.15) is 0 Å². The molecule has 1 aromatic heterocycles. The van der Waals surface area contributed by atoms with Crippen LogP contribution in [0.25, 0.3) is 26.9 Å². The van der Waals surface area contributed by atoms with E-state index in [0.717, 1.165) is 24.0 Å². The summed E-state index contributed by atoms with van der Waals surface area (Å²) in [5.74, 6) is -0.272. The van der Waals surface area contributed by atoms with Crippen molar-refractivity contribution in [2.24, 2.45) is 5.92 Å².